The summed E-state index contributed by atoms with van der Waals surface area (Å²) in [4.78, 5) is 0. The molecule has 0 saturated carbocycles. The van der Waals surface area contributed by atoms with E-state index in [1.165, 1.54) is 39.0 Å². The van der Waals surface area contributed by atoms with Crippen LogP contribution in [0.25, 0.3) is 5.57 Å². The lowest BCUT2D eigenvalue weighted by molar-refractivity contribution is 0.0548. The molecule has 0 bridgehead atoms. The first-order valence-electron chi connectivity index (χ1n) is 18.0. The highest BCUT2D eigenvalue weighted by Gasteiger charge is 2.64. The van der Waals surface area contributed by atoms with Crippen molar-refractivity contribution < 1.29 is 0 Å². The number of nitrogens with zero attached hydrogens (tertiary/aromatic N) is 1. The van der Waals surface area contributed by atoms with Crippen LogP contribution in [0.2, 0.25) is 19.5 Å². The largest absolute Gasteiger partial charge is 0.399 e. The lowest BCUT2D eigenvalue weighted by Gasteiger charge is -2.65. The Hall–Kier alpha value is -3.95. The van der Waals surface area contributed by atoms with Gasteiger partial charge in [0.05, 0.1) is 6.07 Å². The van der Waals surface area contributed by atoms with Gasteiger partial charge in [-0.1, -0.05) is 124 Å². The second kappa shape index (κ2) is 14.3. The first kappa shape index (κ1) is 38.5. The molecule has 5 rings (SSSR count). The van der Waals surface area contributed by atoms with Gasteiger partial charge in [-0.2, -0.15) is 5.26 Å². The predicted molar refractivity (Wildman–Crippen MR) is 211 cm³/mol. The van der Waals surface area contributed by atoms with E-state index in [1.54, 1.807) is 0 Å². The Kier molecular flexibility index (Phi) is 11.4. The fraction of sp³-hybridized carbons (Fsp3) is 0.444. The van der Waals surface area contributed by atoms with E-state index in [0.717, 1.165) is 52.7 Å². The maximum atomic E-state index is 10.5. The van der Waals surface area contributed by atoms with E-state index >= 15 is 0 Å². The summed E-state index contributed by atoms with van der Waals surface area (Å²) in [6.45, 7) is 42.4. The van der Waals surface area contributed by atoms with Crippen molar-refractivity contribution >= 4 is 12.3 Å². The topological polar surface area (TPSA) is 49.8 Å². The standard InChI is InChI=1S/C41H47BN2.2C2H6/c1-13-31-20-32(19-18-30-16-14-24(2)15-17-30)25(3)35-26(4)37-28(6)41(10)27(5)36(29(7)44)34(22-43)38(42(11)12)40(41,9)23-39(37,8)21-33(31)35;2*1-2/h14-17,20,38H,4-5,7,13,21,23,44H2,1-3,6,8-12H3;2*1-2H3/t38-,39+,40+,41+;;/m1../s1. The van der Waals surface area contributed by atoms with Crippen LogP contribution in [0.1, 0.15) is 108 Å². The molecule has 0 amide bonds. The van der Waals surface area contributed by atoms with Crippen LogP contribution in [0.3, 0.4) is 0 Å². The molecule has 0 heterocycles. The van der Waals surface area contributed by atoms with Crippen LogP contribution >= 0.6 is 0 Å². The van der Waals surface area contributed by atoms with Gasteiger partial charge < -0.3 is 5.73 Å². The van der Waals surface area contributed by atoms with Crippen LogP contribution < -0.4 is 5.73 Å². The molecule has 2 N–H and O–H groups in total. The molecule has 2 aromatic rings. The number of allylic oxidation sites excluding steroid dienone is 5. The molecule has 2 nitrogen and oxygen atoms in total. The zero-order chi connectivity index (χ0) is 36.5. The minimum absolute atomic E-state index is 0.0214. The molecule has 252 valence electrons. The number of nitrogens with two attached hydrogens (primary N) is 1. The molecule has 0 saturated heterocycles. The Balaban J connectivity index is 0.00000151. The number of aryl methyl sites for hydroxylation is 2. The fourth-order valence-corrected chi connectivity index (χ4v) is 9.63. The molecule has 2 aromatic carbocycles. The quantitative estimate of drug-likeness (QED) is 0.269. The summed E-state index contributed by atoms with van der Waals surface area (Å²) < 4.78 is 0. The molecule has 0 unspecified atom stereocenters. The summed E-state index contributed by atoms with van der Waals surface area (Å²) in [6, 6.07) is 13.3. The molecular formula is C45H59BN2. The van der Waals surface area contributed by atoms with Gasteiger partial charge in [0.15, 0.2) is 0 Å². The lowest BCUT2D eigenvalue weighted by Crippen LogP contribution is -2.56. The van der Waals surface area contributed by atoms with Crippen molar-refractivity contribution in [3.8, 4) is 17.9 Å². The molecular weight excluding hydrogens is 579 g/mol. The maximum Gasteiger partial charge on any atom is 0.143 e. The van der Waals surface area contributed by atoms with Gasteiger partial charge in [0.1, 0.15) is 6.71 Å². The molecule has 0 radical (unpaired) electrons. The first-order chi connectivity index (χ1) is 22.6. The van der Waals surface area contributed by atoms with Crippen LogP contribution in [0.15, 0.2) is 83.6 Å². The van der Waals surface area contributed by atoms with Crippen molar-refractivity contribution in [2.24, 2.45) is 22.0 Å². The molecule has 0 fully saturated rings. The Labute approximate surface area is 294 Å². The average molecular weight is 639 g/mol. The van der Waals surface area contributed by atoms with E-state index < -0.39 is 5.41 Å². The third-order valence-corrected chi connectivity index (χ3v) is 11.6. The molecule has 3 heteroatoms. The van der Waals surface area contributed by atoms with E-state index in [2.05, 4.69) is 124 Å². The fourth-order valence-electron chi connectivity index (χ4n) is 9.63. The van der Waals surface area contributed by atoms with E-state index in [4.69, 9.17) is 12.3 Å². The minimum Gasteiger partial charge on any atom is -0.399 e. The molecule has 4 atom stereocenters. The summed E-state index contributed by atoms with van der Waals surface area (Å²) in [5.74, 6) is 6.95. The molecule has 48 heavy (non-hydrogen) atoms. The molecule has 0 aliphatic heterocycles. The Bertz CT molecular complexity index is 1810. The van der Waals surface area contributed by atoms with Crippen molar-refractivity contribution in [2.45, 2.75) is 115 Å². The Morgan fingerprint density at radius 2 is 1.58 bits per heavy atom. The van der Waals surface area contributed by atoms with Gasteiger partial charge in [-0.25, -0.2) is 0 Å². The number of nitriles is 1. The van der Waals surface area contributed by atoms with Crippen LogP contribution in [0.5, 0.6) is 0 Å². The summed E-state index contributed by atoms with van der Waals surface area (Å²) in [7, 11) is 0. The van der Waals surface area contributed by atoms with E-state index in [0.29, 0.717) is 5.70 Å². The third-order valence-electron chi connectivity index (χ3n) is 11.6. The van der Waals surface area contributed by atoms with Crippen molar-refractivity contribution in [3.05, 3.63) is 123 Å². The summed E-state index contributed by atoms with van der Waals surface area (Å²) in [5.41, 5.74) is 20.8. The SMILES string of the molecule is C=C(N)C1=C(C#N)[C@@H](B(C)C)[C@]2(C)C[C@]3(C)Cc4c(CC)cc(C#Cc5ccc(C)cc5)c(C)c4C(=C)C3=C(C)[C@]2(C)C1=C.CC.CC. The van der Waals surface area contributed by atoms with Crippen LogP contribution in [-0.4, -0.2) is 6.71 Å². The molecule has 3 aliphatic rings. The Morgan fingerprint density at radius 1 is 1.00 bits per heavy atom. The summed E-state index contributed by atoms with van der Waals surface area (Å²) in [6.07, 6.45) is 2.80. The van der Waals surface area contributed by atoms with Crippen LogP contribution in [-0.2, 0) is 12.8 Å². The van der Waals surface area contributed by atoms with Crippen LogP contribution in [0.4, 0.5) is 0 Å². The van der Waals surface area contributed by atoms with Crippen molar-refractivity contribution in [3.63, 3.8) is 0 Å². The van der Waals surface area contributed by atoms with Gasteiger partial charge in [0.25, 0.3) is 0 Å². The van der Waals surface area contributed by atoms with Crippen molar-refractivity contribution in [1.29, 1.82) is 5.26 Å². The average Bonchev–Trinajstić information content (AvgIpc) is 3.04. The van der Waals surface area contributed by atoms with E-state index in [9.17, 15) is 5.26 Å². The molecule has 0 aromatic heterocycles. The van der Waals surface area contributed by atoms with Crippen molar-refractivity contribution in [1.82, 2.24) is 0 Å². The number of rotatable bonds is 3. The van der Waals surface area contributed by atoms with Gasteiger partial charge in [-0.3, -0.25) is 0 Å². The maximum absolute atomic E-state index is 10.5. The minimum atomic E-state index is -0.417. The highest BCUT2D eigenvalue weighted by Crippen LogP contribution is 2.73. The zero-order valence-corrected chi connectivity index (χ0v) is 32.3. The first-order valence-corrected chi connectivity index (χ1v) is 18.0. The number of hydrogen-bond acceptors (Lipinski definition) is 2. The monoisotopic (exact) mass is 638 g/mol. The second-order valence-electron chi connectivity index (χ2n) is 14.6. The lowest BCUT2D eigenvalue weighted by atomic mass is 9.28. The Morgan fingerprint density at radius 3 is 2.08 bits per heavy atom. The highest BCUT2D eigenvalue weighted by atomic mass is 14.7. The van der Waals surface area contributed by atoms with E-state index in [1.807, 2.05) is 27.7 Å². The van der Waals surface area contributed by atoms with Gasteiger partial charge in [-0.15, -0.1) is 0 Å². The van der Waals surface area contributed by atoms with Crippen LogP contribution in [0, 0.1) is 53.3 Å². The normalized spacial score (nSPS) is 25.5. The highest BCUT2D eigenvalue weighted by molar-refractivity contribution is 6.59. The van der Waals surface area contributed by atoms with Gasteiger partial charge >= 0.3 is 0 Å². The number of hydrogen-bond donors (Lipinski definition) is 1. The molecule has 0 spiro atoms. The molecule has 3 aliphatic carbocycles. The van der Waals surface area contributed by atoms with Gasteiger partial charge in [0.2, 0.25) is 0 Å². The predicted octanol–water partition coefficient (Wildman–Crippen LogP) is 11.6. The second-order valence-corrected chi connectivity index (χ2v) is 14.6. The van der Waals surface area contributed by atoms with E-state index in [-0.39, 0.29) is 23.4 Å². The third kappa shape index (κ3) is 5.75. The van der Waals surface area contributed by atoms with Gasteiger partial charge in [0, 0.05) is 33.4 Å². The zero-order valence-electron chi connectivity index (χ0n) is 32.3. The smallest absolute Gasteiger partial charge is 0.143 e. The summed E-state index contributed by atoms with van der Waals surface area (Å²) in [5, 5.41) is 10.5. The summed E-state index contributed by atoms with van der Waals surface area (Å²) >= 11 is 0. The van der Waals surface area contributed by atoms with Crippen molar-refractivity contribution in [2.75, 3.05) is 0 Å². The number of fused-ring (bicyclic) bond motifs is 3. The number of benzene rings is 2. The van der Waals surface area contributed by atoms with Gasteiger partial charge in [-0.05, 0) is 114 Å².